The molecule has 1 aliphatic rings. The standard InChI is InChI=1S/C13H14ClF3N4/c1-12(2-4-18-5-3-12)11-20-19-10-9(14)6-8(7-21(10)11)13(15,16)17/h6-7,18H,2-5H2,1H3. The molecule has 2 aromatic rings. The summed E-state index contributed by atoms with van der Waals surface area (Å²) >= 11 is 5.93. The second-order valence-corrected chi connectivity index (χ2v) is 6.01. The number of nitrogens with one attached hydrogen (secondary N) is 1. The smallest absolute Gasteiger partial charge is 0.317 e. The molecule has 0 saturated carbocycles. The van der Waals surface area contributed by atoms with Crippen LogP contribution in [0, 0.1) is 0 Å². The minimum Gasteiger partial charge on any atom is -0.317 e. The summed E-state index contributed by atoms with van der Waals surface area (Å²) in [4.78, 5) is 0. The molecule has 0 spiro atoms. The SMILES string of the molecule is CC1(c2nnc3c(Cl)cc(C(F)(F)F)cn23)CCNCC1. The van der Waals surface area contributed by atoms with Crippen LogP contribution in [0.4, 0.5) is 13.2 Å². The van der Waals surface area contributed by atoms with Crippen LogP contribution in [-0.2, 0) is 11.6 Å². The number of aromatic nitrogens is 3. The molecule has 4 nitrogen and oxygen atoms in total. The van der Waals surface area contributed by atoms with Gasteiger partial charge < -0.3 is 5.32 Å². The van der Waals surface area contributed by atoms with Crippen LogP contribution in [0.2, 0.25) is 5.02 Å². The number of alkyl halides is 3. The first-order valence-electron chi connectivity index (χ1n) is 6.64. The molecule has 1 aliphatic heterocycles. The van der Waals surface area contributed by atoms with Crippen molar-refractivity contribution < 1.29 is 13.2 Å². The second-order valence-electron chi connectivity index (χ2n) is 5.60. The van der Waals surface area contributed by atoms with Crippen molar-refractivity contribution in [3.63, 3.8) is 0 Å². The van der Waals surface area contributed by atoms with Crippen molar-refractivity contribution in [2.24, 2.45) is 0 Å². The fourth-order valence-corrected chi connectivity index (χ4v) is 2.97. The quantitative estimate of drug-likeness (QED) is 0.879. The van der Waals surface area contributed by atoms with Gasteiger partial charge in [0, 0.05) is 11.6 Å². The van der Waals surface area contributed by atoms with Crippen molar-refractivity contribution in [3.8, 4) is 0 Å². The summed E-state index contributed by atoms with van der Waals surface area (Å²) in [5, 5.41) is 11.3. The van der Waals surface area contributed by atoms with E-state index in [1.807, 2.05) is 6.92 Å². The van der Waals surface area contributed by atoms with Gasteiger partial charge in [0.15, 0.2) is 5.65 Å². The molecule has 0 aliphatic carbocycles. The predicted molar refractivity (Wildman–Crippen MR) is 72.5 cm³/mol. The number of fused-ring (bicyclic) bond motifs is 1. The van der Waals surface area contributed by atoms with Crippen molar-refractivity contribution in [2.75, 3.05) is 13.1 Å². The number of pyridine rings is 1. The highest BCUT2D eigenvalue weighted by Crippen LogP contribution is 2.36. The van der Waals surface area contributed by atoms with Crippen molar-refractivity contribution >= 4 is 17.2 Å². The van der Waals surface area contributed by atoms with Crippen molar-refractivity contribution in [3.05, 3.63) is 28.7 Å². The Hall–Kier alpha value is -1.34. The highest BCUT2D eigenvalue weighted by molar-refractivity contribution is 6.33. The molecular formula is C13H14ClF3N4. The Labute approximate surface area is 124 Å². The molecular weight excluding hydrogens is 305 g/mol. The summed E-state index contributed by atoms with van der Waals surface area (Å²) in [6.07, 6.45) is -1.83. The van der Waals surface area contributed by atoms with Crippen LogP contribution in [0.15, 0.2) is 12.3 Å². The summed E-state index contributed by atoms with van der Waals surface area (Å²) in [6.45, 7) is 3.61. The van der Waals surface area contributed by atoms with Gasteiger partial charge in [0.2, 0.25) is 0 Å². The molecule has 3 rings (SSSR count). The van der Waals surface area contributed by atoms with Gasteiger partial charge in [-0.1, -0.05) is 18.5 Å². The van der Waals surface area contributed by atoms with Crippen LogP contribution in [0.5, 0.6) is 0 Å². The highest BCUT2D eigenvalue weighted by atomic mass is 35.5. The number of piperidine rings is 1. The lowest BCUT2D eigenvalue weighted by Gasteiger charge is -2.32. The first-order valence-corrected chi connectivity index (χ1v) is 7.02. The fourth-order valence-electron chi connectivity index (χ4n) is 2.72. The molecule has 1 N–H and O–H groups in total. The number of halogens is 4. The average Bonchev–Trinajstić information content (AvgIpc) is 2.83. The van der Waals surface area contributed by atoms with Crippen LogP contribution in [-0.4, -0.2) is 27.7 Å². The van der Waals surface area contributed by atoms with E-state index in [2.05, 4.69) is 15.5 Å². The lowest BCUT2D eigenvalue weighted by Crippen LogP contribution is -2.39. The van der Waals surface area contributed by atoms with Gasteiger partial charge in [-0.3, -0.25) is 4.40 Å². The summed E-state index contributed by atoms with van der Waals surface area (Å²) in [5.74, 6) is 0.534. The highest BCUT2D eigenvalue weighted by Gasteiger charge is 2.36. The van der Waals surface area contributed by atoms with Crippen LogP contribution in [0.25, 0.3) is 5.65 Å². The molecule has 1 saturated heterocycles. The molecule has 8 heteroatoms. The van der Waals surface area contributed by atoms with E-state index in [9.17, 15) is 13.2 Å². The third-order valence-electron chi connectivity index (χ3n) is 4.03. The maximum atomic E-state index is 12.9. The van der Waals surface area contributed by atoms with Gasteiger partial charge in [0.1, 0.15) is 5.82 Å². The Morgan fingerprint density at radius 1 is 1.29 bits per heavy atom. The minimum atomic E-state index is -4.45. The normalized spacial score (nSPS) is 19.1. The summed E-state index contributed by atoms with van der Waals surface area (Å²) in [5.41, 5.74) is -0.837. The molecule has 0 bridgehead atoms. The zero-order chi connectivity index (χ0) is 15.3. The van der Waals surface area contributed by atoms with Gasteiger partial charge >= 0.3 is 6.18 Å². The third-order valence-corrected chi connectivity index (χ3v) is 4.31. The maximum Gasteiger partial charge on any atom is 0.417 e. The summed E-state index contributed by atoms with van der Waals surface area (Å²) in [7, 11) is 0. The largest absolute Gasteiger partial charge is 0.417 e. The van der Waals surface area contributed by atoms with E-state index in [0.29, 0.717) is 5.82 Å². The van der Waals surface area contributed by atoms with E-state index in [1.54, 1.807) is 0 Å². The van der Waals surface area contributed by atoms with Gasteiger partial charge in [-0.2, -0.15) is 13.2 Å². The molecule has 2 aromatic heterocycles. The van der Waals surface area contributed by atoms with Crippen molar-refractivity contribution in [1.82, 2.24) is 19.9 Å². The second kappa shape index (κ2) is 4.84. The van der Waals surface area contributed by atoms with E-state index in [-0.39, 0.29) is 16.1 Å². The van der Waals surface area contributed by atoms with E-state index in [4.69, 9.17) is 11.6 Å². The first-order chi connectivity index (χ1) is 9.81. The molecule has 0 unspecified atom stereocenters. The third kappa shape index (κ3) is 2.48. The minimum absolute atomic E-state index is 0.0406. The molecule has 0 radical (unpaired) electrons. The monoisotopic (exact) mass is 318 g/mol. The summed E-state index contributed by atoms with van der Waals surface area (Å²) < 4.78 is 40.2. The van der Waals surface area contributed by atoms with Gasteiger partial charge in [0.25, 0.3) is 0 Å². The Balaban J connectivity index is 2.18. The number of hydrogen-bond donors (Lipinski definition) is 1. The van der Waals surface area contributed by atoms with Crippen LogP contribution in [0.1, 0.15) is 31.2 Å². The molecule has 0 atom stereocenters. The Bertz CT molecular complexity index is 674. The first kappa shape index (κ1) is 14.6. The van der Waals surface area contributed by atoms with Crippen molar-refractivity contribution in [1.29, 1.82) is 0 Å². The average molecular weight is 319 g/mol. The molecule has 1 fully saturated rings. The van der Waals surface area contributed by atoms with E-state index in [0.717, 1.165) is 38.2 Å². The fraction of sp³-hybridized carbons (Fsp3) is 0.538. The van der Waals surface area contributed by atoms with Crippen LogP contribution >= 0.6 is 11.6 Å². The number of hydrogen-bond acceptors (Lipinski definition) is 3. The van der Waals surface area contributed by atoms with E-state index < -0.39 is 11.7 Å². The Morgan fingerprint density at radius 2 is 1.95 bits per heavy atom. The summed E-state index contributed by atoms with van der Waals surface area (Å²) in [6, 6.07) is 0.889. The van der Waals surface area contributed by atoms with Gasteiger partial charge in [-0.15, -0.1) is 10.2 Å². The molecule has 21 heavy (non-hydrogen) atoms. The lowest BCUT2D eigenvalue weighted by molar-refractivity contribution is -0.137. The van der Waals surface area contributed by atoms with Crippen LogP contribution in [0.3, 0.4) is 0 Å². The molecule has 3 heterocycles. The zero-order valence-corrected chi connectivity index (χ0v) is 12.1. The Kier molecular flexibility index (Phi) is 3.37. The van der Waals surface area contributed by atoms with Gasteiger partial charge in [-0.05, 0) is 32.0 Å². The topological polar surface area (TPSA) is 42.2 Å². The lowest BCUT2D eigenvalue weighted by atomic mass is 9.80. The Morgan fingerprint density at radius 3 is 2.57 bits per heavy atom. The molecule has 114 valence electrons. The number of rotatable bonds is 1. The molecule has 0 aromatic carbocycles. The maximum absolute atomic E-state index is 12.9. The molecule has 0 amide bonds. The van der Waals surface area contributed by atoms with Gasteiger partial charge in [-0.25, -0.2) is 0 Å². The van der Waals surface area contributed by atoms with E-state index >= 15 is 0 Å². The van der Waals surface area contributed by atoms with E-state index in [1.165, 1.54) is 4.40 Å². The van der Waals surface area contributed by atoms with Gasteiger partial charge in [0.05, 0.1) is 10.6 Å². The predicted octanol–water partition coefficient (Wildman–Crippen LogP) is 3.04. The number of nitrogens with zero attached hydrogens (tertiary/aromatic N) is 3. The van der Waals surface area contributed by atoms with Crippen molar-refractivity contribution in [2.45, 2.75) is 31.4 Å². The van der Waals surface area contributed by atoms with Crippen LogP contribution < -0.4 is 5.32 Å². The zero-order valence-electron chi connectivity index (χ0n) is 11.3.